The van der Waals surface area contributed by atoms with Crippen molar-refractivity contribution in [3.63, 3.8) is 0 Å². The van der Waals surface area contributed by atoms with Gasteiger partial charge in [-0.3, -0.25) is 14.6 Å². The van der Waals surface area contributed by atoms with Crippen molar-refractivity contribution in [2.75, 3.05) is 19.6 Å². The van der Waals surface area contributed by atoms with Crippen molar-refractivity contribution in [2.24, 2.45) is 17.8 Å². The summed E-state index contributed by atoms with van der Waals surface area (Å²) in [7, 11) is 0. The normalized spacial score (nSPS) is 25.0. The fourth-order valence-electron chi connectivity index (χ4n) is 5.10. The van der Waals surface area contributed by atoms with Gasteiger partial charge >= 0.3 is 6.09 Å². The van der Waals surface area contributed by atoms with E-state index in [0.717, 1.165) is 32.5 Å². The second-order valence-corrected chi connectivity index (χ2v) is 9.01. The Morgan fingerprint density at radius 3 is 2.55 bits per heavy atom. The van der Waals surface area contributed by atoms with E-state index in [2.05, 4.69) is 34.5 Å². The number of hydrogen-bond acceptors (Lipinski definition) is 3. The molecule has 1 aliphatic heterocycles. The van der Waals surface area contributed by atoms with Gasteiger partial charge in [0.25, 0.3) is 0 Å². The molecule has 1 aliphatic carbocycles. The predicted molar refractivity (Wildman–Crippen MR) is 114 cm³/mol. The van der Waals surface area contributed by atoms with Crippen LogP contribution in [0.2, 0.25) is 0 Å². The van der Waals surface area contributed by atoms with Gasteiger partial charge in [0, 0.05) is 32.2 Å². The van der Waals surface area contributed by atoms with Crippen molar-refractivity contribution in [1.29, 1.82) is 0 Å². The Kier molecular flexibility index (Phi) is 7.17. The molecule has 2 N–H and O–H groups in total. The third kappa shape index (κ3) is 5.30. The molecule has 1 saturated carbocycles. The van der Waals surface area contributed by atoms with Crippen LogP contribution in [-0.2, 0) is 11.3 Å². The number of likely N-dealkylation sites (N-methyl/N-ethyl adjacent to an activating group) is 1. The van der Waals surface area contributed by atoms with E-state index in [-0.39, 0.29) is 17.9 Å². The summed E-state index contributed by atoms with van der Waals surface area (Å²) >= 11 is 0. The molecule has 0 radical (unpaired) electrons. The van der Waals surface area contributed by atoms with Gasteiger partial charge in [-0.2, -0.15) is 0 Å². The minimum Gasteiger partial charge on any atom is -0.465 e. The first-order valence-electron chi connectivity index (χ1n) is 10.9. The van der Waals surface area contributed by atoms with E-state index in [9.17, 15) is 14.7 Å². The van der Waals surface area contributed by atoms with E-state index in [0.29, 0.717) is 24.8 Å². The number of amides is 2. The zero-order valence-electron chi connectivity index (χ0n) is 17.9. The number of nitrogens with zero attached hydrogens (tertiary/aromatic N) is 2. The third-order valence-electron chi connectivity index (χ3n) is 6.47. The summed E-state index contributed by atoms with van der Waals surface area (Å²) in [5.74, 6) is 1.20. The Bertz CT molecular complexity index is 694. The van der Waals surface area contributed by atoms with Crippen LogP contribution in [0.1, 0.15) is 45.6 Å². The fourth-order valence-corrected chi connectivity index (χ4v) is 5.10. The molecule has 6 heteroatoms. The highest BCUT2D eigenvalue weighted by Crippen LogP contribution is 2.38. The molecule has 160 valence electrons. The van der Waals surface area contributed by atoms with Crippen LogP contribution in [0.5, 0.6) is 0 Å². The summed E-state index contributed by atoms with van der Waals surface area (Å²) in [5, 5.41) is 12.8. The van der Waals surface area contributed by atoms with Crippen LogP contribution in [0, 0.1) is 17.8 Å². The SMILES string of the molecule is CCN(C(=O)O)[C@@H](CC(C)C)C(=O)N[C@H]1CC[C@@H]2CN(Cc3ccccc3)C[C@@H]21. The van der Waals surface area contributed by atoms with Gasteiger partial charge in [0.15, 0.2) is 0 Å². The Balaban J connectivity index is 1.61. The molecule has 0 bridgehead atoms. The summed E-state index contributed by atoms with van der Waals surface area (Å²) in [5.41, 5.74) is 1.32. The smallest absolute Gasteiger partial charge is 0.407 e. The minimum absolute atomic E-state index is 0.130. The Morgan fingerprint density at radius 1 is 1.21 bits per heavy atom. The lowest BCUT2D eigenvalue weighted by Gasteiger charge is -2.31. The van der Waals surface area contributed by atoms with Crippen LogP contribution in [0.3, 0.4) is 0 Å². The van der Waals surface area contributed by atoms with E-state index >= 15 is 0 Å². The number of fused-ring (bicyclic) bond motifs is 1. The molecule has 3 rings (SSSR count). The lowest BCUT2D eigenvalue weighted by Crippen LogP contribution is -2.53. The van der Waals surface area contributed by atoms with Gasteiger partial charge in [-0.1, -0.05) is 44.2 Å². The first-order chi connectivity index (χ1) is 13.9. The number of carboxylic acid groups (broad SMARTS) is 1. The average molecular weight is 402 g/mol. The van der Waals surface area contributed by atoms with E-state index in [1.807, 2.05) is 19.9 Å². The number of carbonyl (C=O) groups is 2. The highest BCUT2D eigenvalue weighted by atomic mass is 16.4. The molecule has 0 spiro atoms. The van der Waals surface area contributed by atoms with Crippen molar-refractivity contribution < 1.29 is 14.7 Å². The fraction of sp³-hybridized carbons (Fsp3) is 0.652. The molecule has 2 aliphatic rings. The molecule has 2 amide bonds. The van der Waals surface area contributed by atoms with Crippen molar-refractivity contribution in [1.82, 2.24) is 15.1 Å². The molecule has 1 aromatic carbocycles. The van der Waals surface area contributed by atoms with Gasteiger partial charge < -0.3 is 10.4 Å². The lowest BCUT2D eigenvalue weighted by atomic mass is 9.96. The van der Waals surface area contributed by atoms with Gasteiger partial charge in [-0.05, 0) is 49.5 Å². The second kappa shape index (κ2) is 9.61. The molecule has 1 saturated heterocycles. The highest BCUT2D eigenvalue weighted by Gasteiger charge is 2.44. The zero-order valence-corrected chi connectivity index (χ0v) is 17.9. The predicted octanol–water partition coefficient (Wildman–Crippen LogP) is 3.43. The Labute approximate surface area is 174 Å². The summed E-state index contributed by atoms with van der Waals surface area (Å²) < 4.78 is 0. The first kappa shape index (κ1) is 21.6. The zero-order chi connectivity index (χ0) is 21.0. The van der Waals surface area contributed by atoms with Crippen LogP contribution in [-0.4, -0.2) is 58.6 Å². The largest absolute Gasteiger partial charge is 0.465 e. The maximum Gasteiger partial charge on any atom is 0.407 e. The minimum atomic E-state index is -1.02. The number of nitrogens with one attached hydrogen (secondary N) is 1. The van der Waals surface area contributed by atoms with Crippen LogP contribution in [0.25, 0.3) is 0 Å². The molecular weight excluding hydrogens is 366 g/mol. The topological polar surface area (TPSA) is 72.9 Å². The Morgan fingerprint density at radius 2 is 1.93 bits per heavy atom. The molecular formula is C23H35N3O3. The number of carbonyl (C=O) groups excluding carboxylic acids is 1. The maximum absolute atomic E-state index is 13.1. The molecule has 29 heavy (non-hydrogen) atoms. The summed E-state index contributed by atoms with van der Waals surface area (Å²) in [6, 6.07) is 10.1. The molecule has 2 fully saturated rings. The van der Waals surface area contributed by atoms with E-state index < -0.39 is 12.1 Å². The van der Waals surface area contributed by atoms with Gasteiger partial charge in [0.2, 0.25) is 5.91 Å². The van der Waals surface area contributed by atoms with Gasteiger partial charge in [-0.15, -0.1) is 0 Å². The van der Waals surface area contributed by atoms with Crippen LogP contribution < -0.4 is 5.32 Å². The maximum atomic E-state index is 13.1. The van der Waals surface area contributed by atoms with E-state index in [1.165, 1.54) is 10.5 Å². The molecule has 4 atom stereocenters. The number of likely N-dealkylation sites (tertiary alicyclic amines) is 1. The molecule has 0 aromatic heterocycles. The molecule has 6 nitrogen and oxygen atoms in total. The number of rotatable bonds is 8. The molecule has 1 heterocycles. The number of hydrogen-bond donors (Lipinski definition) is 2. The van der Waals surface area contributed by atoms with Crippen molar-refractivity contribution in [3.05, 3.63) is 35.9 Å². The highest BCUT2D eigenvalue weighted by molar-refractivity contribution is 5.85. The second-order valence-electron chi connectivity index (χ2n) is 9.01. The van der Waals surface area contributed by atoms with Crippen molar-refractivity contribution >= 4 is 12.0 Å². The molecule has 0 unspecified atom stereocenters. The summed E-state index contributed by atoms with van der Waals surface area (Å²) in [6.07, 6.45) is 1.65. The van der Waals surface area contributed by atoms with Gasteiger partial charge in [0.05, 0.1) is 0 Å². The first-order valence-corrected chi connectivity index (χ1v) is 10.9. The molecule has 1 aromatic rings. The quantitative estimate of drug-likeness (QED) is 0.700. The van der Waals surface area contributed by atoms with Crippen LogP contribution >= 0.6 is 0 Å². The van der Waals surface area contributed by atoms with Crippen LogP contribution in [0.4, 0.5) is 4.79 Å². The van der Waals surface area contributed by atoms with E-state index in [1.54, 1.807) is 6.92 Å². The lowest BCUT2D eigenvalue weighted by molar-refractivity contribution is -0.127. The number of benzene rings is 1. The van der Waals surface area contributed by atoms with Crippen molar-refractivity contribution in [2.45, 2.75) is 58.7 Å². The summed E-state index contributed by atoms with van der Waals surface area (Å²) in [6.45, 7) is 9.20. The van der Waals surface area contributed by atoms with Gasteiger partial charge in [0.1, 0.15) is 6.04 Å². The third-order valence-corrected chi connectivity index (χ3v) is 6.47. The summed E-state index contributed by atoms with van der Waals surface area (Å²) in [4.78, 5) is 28.5. The van der Waals surface area contributed by atoms with E-state index in [4.69, 9.17) is 0 Å². The Hall–Kier alpha value is -2.08. The average Bonchev–Trinajstić information content (AvgIpc) is 3.23. The standard InChI is InChI=1S/C23H35N3O3/c1-4-26(23(28)29)21(12-16(2)3)22(27)24-20-11-10-18-14-25(15-19(18)20)13-17-8-6-5-7-9-17/h5-9,16,18-21H,4,10-15H2,1-3H3,(H,24,27)(H,28,29)/t18-,19+,20+,21+/m1/s1. The van der Waals surface area contributed by atoms with Crippen LogP contribution in [0.15, 0.2) is 30.3 Å². The van der Waals surface area contributed by atoms with Gasteiger partial charge in [-0.25, -0.2) is 4.79 Å². The van der Waals surface area contributed by atoms with Crippen molar-refractivity contribution in [3.8, 4) is 0 Å². The monoisotopic (exact) mass is 401 g/mol.